The van der Waals surface area contributed by atoms with Crippen LogP contribution >= 0.6 is 0 Å². The Balaban J connectivity index is 1.73. The Morgan fingerprint density at radius 2 is 1.50 bits per heavy atom. The molecule has 20 heavy (non-hydrogen) atoms. The van der Waals surface area contributed by atoms with E-state index in [1.165, 1.54) is 12.8 Å². The van der Waals surface area contributed by atoms with Gasteiger partial charge in [-0.25, -0.2) is 4.79 Å². The van der Waals surface area contributed by atoms with Crippen molar-refractivity contribution in [3.05, 3.63) is 0 Å². The van der Waals surface area contributed by atoms with Crippen LogP contribution in [0, 0.1) is 5.92 Å². The molecule has 4 heteroatoms. The summed E-state index contributed by atoms with van der Waals surface area (Å²) in [6, 6.07) is -0.522. The van der Waals surface area contributed by atoms with Crippen molar-refractivity contribution < 1.29 is 14.3 Å². The van der Waals surface area contributed by atoms with E-state index in [2.05, 4.69) is 5.32 Å². The van der Waals surface area contributed by atoms with Gasteiger partial charge in [-0.2, -0.15) is 0 Å². The largest absolute Gasteiger partial charge is 0.461 e. The maximum Gasteiger partial charge on any atom is 0.328 e. The zero-order chi connectivity index (χ0) is 14.4. The normalized spacial score (nSPS) is 23.1. The van der Waals surface area contributed by atoms with Gasteiger partial charge in [-0.3, -0.25) is 4.79 Å². The summed E-state index contributed by atoms with van der Waals surface area (Å²) in [5.41, 5.74) is 0. The molecule has 2 aliphatic rings. The molecule has 2 rings (SSSR count). The van der Waals surface area contributed by atoms with Crippen LogP contribution in [0.25, 0.3) is 0 Å². The maximum atomic E-state index is 12.1. The van der Waals surface area contributed by atoms with Crippen LogP contribution in [-0.4, -0.2) is 24.0 Å². The van der Waals surface area contributed by atoms with Gasteiger partial charge >= 0.3 is 5.97 Å². The van der Waals surface area contributed by atoms with Crippen molar-refractivity contribution in [2.45, 2.75) is 83.3 Å². The average molecular weight is 281 g/mol. The van der Waals surface area contributed by atoms with Crippen LogP contribution in [0.5, 0.6) is 0 Å². The number of hydrogen-bond donors (Lipinski definition) is 1. The summed E-state index contributed by atoms with van der Waals surface area (Å²) >= 11 is 0. The molecule has 2 saturated carbocycles. The molecule has 2 aliphatic carbocycles. The van der Waals surface area contributed by atoms with Crippen molar-refractivity contribution in [2.75, 3.05) is 0 Å². The number of ether oxygens (including phenoxy) is 1. The number of carbonyl (C=O) groups is 2. The van der Waals surface area contributed by atoms with Crippen LogP contribution in [0.4, 0.5) is 0 Å². The molecule has 0 bridgehead atoms. The third kappa shape index (κ3) is 4.50. The summed E-state index contributed by atoms with van der Waals surface area (Å²) in [4.78, 5) is 24.1. The number of rotatable bonds is 4. The second-order valence-electron chi connectivity index (χ2n) is 6.26. The van der Waals surface area contributed by atoms with E-state index in [-0.39, 0.29) is 23.9 Å². The van der Waals surface area contributed by atoms with E-state index in [1.807, 2.05) is 0 Å². The van der Waals surface area contributed by atoms with Gasteiger partial charge in [0.2, 0.25) is 5.91 Å². The highest BCUT2D eigenvalue weighted by molar-refractivity contribution is 5.85. The molecule has 4 nitrogen and oxygen atoms in total. The first-order chi connectivity index (χ1) is 9.66. The van der Waals surface area contributed by atoms with E-state index < -0.39 is 6.04 Å². The standard InChI is InChI=1S/C16H27NO3/c1-12(16(19)20-14-10-6-3-7-11-14)17-15(18)13-8-4-2-5-9-13/h12-14H,2-11H2,1H3,(H,17,18)/t12-/m1/s1. The maximum absolute atomic E-state index is 12.1. The van der Waals surface area contributed by atoms with Crippen molar-refractivity contribution in [1.29, 1.82) is 0 Å². The Bertz CT molecular complexity index is 331. The van der Waals surface area contributed by atoms with Crippen LogP contribution in [0.2, 0.25) is 0 Å². The third-order valence-corrected chi connectivity index (χ3v) is 4.52. The molecular formula is C16H27NO3. The Labute approximate surface area is 121 Å². The first-order valence-corrected chi connectivity index (χ1v) is 8.17. The highest BCUT2D eigenvalue weighted by Gasteiger charge is 2.26. The fourth-order valence-corrected chi connectivity index (χ4v) is 3.20. The fraction of sp³-hybridized carbons (Fsp3) is 0.875. The molecule has 0 aromatic carbocycles. The molecule has 114 valence electrons. The quantitative estimate of drug-likeness (QED) is 0.806. The van der Waals surface area contributed by atoms with E-state index in [9.17, 15) is 9.59 Å². The molecule has 0 aromatic heterocycles. The Morgan fingerprint density at radius 3 is 2.10 bits per heavy atom. The van der Waals surface area contributed by atoms with Gasteiger partial charge in [-0.05, 0) is 45.4 Å². The van der Waals surface area contributed by atoms with Gasteiger partial charge in [0, 0.05) is 5.92 Å². The lowest BCUT2D eigenvalue weighted by atomic mass is 9.88. The Morgan fingerprint density at radius 1 is 0.950 bits per heavy atom. The van der Waals surface area contributed by atoms with Gasteiger partial charge in [0.15, 0.2) is 0 Å². The van der Waals surface area contributed by atoms with Crippen LogP contribution in [0.3, 0.4) is 0 Å². The lowest BCUT2D eigenvalue weighted by Gasteiger charge is -2.25. The van der Waals surface area contributed by atoms with Gasteiger partial charge in [-0.1, -0.05) is 25.7 Å². The van der Waals surface area contributed by atoms with E-state index >= 15 is 0 Å². The Kier molecular flexibility index (Phi) is 5.86. The Hall–Kier alpha value is -1.06. The molecule has 1 N–H and O–H groups in total. The highest BCUT2D eigenvalue weighted by atomic mass is 16.5. The summed E-state index contributed by atoms with van der Waals surface area (Å²) < 4.78 is 5.49. The lowest BCUT2D eigenvalue weighted by Crippen LogP contribution is -2.44. The lowest BCUT2D eigenvalue weighted by molar-refractivity contribution is -0.154. The molecule has 0 saturated heterocycles. The van der Waals surface area contributed by atoms with Crippen LogP contribution in [-0.2, 0) is 14.3 Å². The molecule has 2 fully saturated rings. The molecule has 0 heterocycles. The van der Waals surface area contributed by atoms with Crippen molar-refractivity contribution >= 4 is 11.9 Å². The SMILES string of the molecule is C[C@@H](NC(=O)C1CCCCC1)C(=O)OC1CCCCC1. The number of esters is 1. The molecule has 1 amide bonds. The summed E-state index contributed by atoms with van der Waals surface area (Å²) in [5, 5.41) is 2.83. The predicted molar refractivity (Wildman–Crippen MR) is 77.1 cm³/mol. The van der Waals surface area contributed by atoms with Gasteiger partial charge < -0.3 is 10.1 Å². The predicted octanol–water partition coefficient (Wildman–Crippen LogP) is 2.95. The summed E-state index contributed by atoms with van der Waals surface area (Å²) in [5.74, 6) is -0.160. The highest BCUT2D eigenvalue weighted by Crippen LogP contribution is 2.24. The first-order valence-electron chi connectivity index (χ1n) is 8.17. The summed E-state index contributed by atoms with van der Waals surface area (Å²) in [7, 11) is 0. The minimum Gasteiger partial charge on any atom is -0.461 e. The van der Waals surface area contributed by atoms with Crippen LogP contribution < -0.4 is 5.32 Å². The van der Waals surface area contributed by atoms with Crippen LogP contribution in [0.15, 0.2) is 0 Å². The van der Waals surface area contributed by atoms with E-state index in [1.54, 1.807) is 6.92 Å². The second kappa shape index (κ2) is 7.65. The van der Waals surface area contributed by atoms with Gasteiger partial charge in [0.25, 0.3) is 0 Å². The molecule has 0 spiro atoms. The summed E-state index contributed by atoms with van der Waals surface area (Å²) in [6.45, 7) is 1.73. The molecular weight excluding hydrogens is 254 g/mol. The van der Waals surface area contributed by atoms with Gasteiger partial charge in [-0.15, -0.1) is 0 Å². The number of carbonyl (C=O) groups excluding carboxylic acids is 2. The molecule has 0 radical (unpaired) electrons. The van der Waals surface area contributed by atoms with Crippen molar-refractivity contribution in [3.63, 3.8) is 0 Å². The number of hydrogen-bond acceptors (Lipinski definition) is 3. The second-order valence-corrected chi connectivity index (χ2v) is 6.26. The fourth-order valence-electron chi connectivity index (χ4n) is 3.20. The van der Waals surface area contributed by atoms with E-state index in [0.29, 0.717) is 0 Å². The zero-order valence-electron chi connectivity index (χ0n) is 12.5. The molecule has 1 atom stereocenters. The van der Waals surface area contributed by atoms with E-state index in [4.69, 9.17) is 4.74 Å². The monoisotopic (exact) mass is 281 g/mol. The average Bonchev–Trinajstić information content (AvgIpc) is 2.49. The molecule has 0 aromatic rings. The van der Waals surface area contributed by atoms with Gasteiger partial charge in [0.05, 0.1) is 0 Å². The third-order valence-electron chi connectivity index (χ3n) is 4.52. The number of amides is 1. The van der Waals surface area contributed by atoms with Gasteiger partial charge in [0.1, 0.15) is 12.1 Å². The van der Waals surface area contributed by atoms with E-state index in [0.717, 1.165) is 51.4 Å². The molecule has 0 unspecified atom stereocenters. The first kappa shape index (κ1) is 15.3. The topological polar surface area (TPSA) is 55.4 Å². The van der Waals surface area contributed by atoms with Crippen molar-refractivity contribution in [2.24, 2.45) is 5.92 Å². The minimum absolute atomic E-state index is 0.0257. The van der Waals surface area contributed by atoms with Crippen molar-refractivity contribution in [1.82, 2.24) is 5.32 Å². The van der Waals surface area contributed by atoms with Crippen molar-refractivity contribution in [3.8, 4) is 0 Å². The smallest absolute Gasteiger partial charge is 0.328 e. The minimum atomic E-state index is -0.522. The van der Waals surface area contributed by atoms with Crippen LogP contribution in [0.1, 0.15) is 71.1 Å². The number of nitrogens with one attached hydrogen (secondary N) is 1. The zero-order valence-corrected chi connectivity index (χ0v) is 12.5. The summed E-state index contributed by atoms with van der Waals surface area (Å²) in [6.07, 6.45) is 10.9. The molecule has 0 aliphatic heterocycles.